The van der Waals surface area contributed by atoms with Crippen molar-refractivity contribution < 1.29 is 19.1 Å². The molecule has 1 heterocycles. The van der Waals surface area contributed by atoms with Gasteiger partial charge in [-0.3, -0.25) is 15.0 Å². The Morgan fingerprint density at radius 1 is 1.17 bits per heavy atom. The molecule has 1 fully saturated rings. The van der Waals surface area contributed by atoms with Gasteiger partial charge in [0.1, 0.15) is 11.3 Å². The summed E-state index contributed by atoms with van der Waals surface area (Å²) in [7, 11) is 1.52. The number of carbonyl (C=O) groups excluding carboxylic acids is 3. The Hall–Kier alpha value is -3.00. The van der Waals surface area contributed by atoms with Crippen LogP contribution < -0.4 is 15.5 Å². The third kappa shape index (κ3) is 4.22. The van der Waals surface area contributed by atoms with Gasteiger partial charge in [-0.1, -0.05) is 18.2 Å². The van der Waals surface area contributed by atoms with Gasteiger partial charge in [-0.2, -0.15) is 5.01 Å². The summed E-state index contributed by atoms with van der Waals surface area (Å²) in [4.78, 5) is 38.6. The Balaban J connectivity index is 1.67. The molecule has 29 heavy (non-hydrogen) atoms. The molecule has 4 amide bonds. The molecule has 1 saturated heterocycles. The molecule has 0 aliphatic carbocycles. The van der Waals surface area contributed by atoms with Crippen LogP contribution in [0.15, 0.2) is 47.4 Å². The maximum atomic E-state index is 12.9. The van der Waals surface area contributed by atoms with E-state index in [-0.39, 0.29) is 5.75 Å². The highest BCUT2D eigenvalue weighted by atomic mass is 32.2. The molecule has 0 saturated carbocycles. The van der Waals surface area contributed by atoms with Crippen molar-refractivity contribution in [2.24, 2.45) is 0 Å². The maximum Gasteiger partial charge on any atom is 0.344 e. The number of amides is 4. The summed E-state index contributed by atoms with van der Waals surface area (Å²) in [5.41, 5.74) is 4.00. The number of carbonyl (C=O) groups is 3. The van der Waals surface area contributed by atoms with Crippen molar-refractivity contribution in [1.29, 1.82) is 0 Å². The van der Waals surface area contributed by atoms with Crippen molar-refractivity contribution in [1.82, 2.24) is 15.8 Å². The van der Waals surface area contributed by atoms with Crippen LogP contribution in [0, 0.1) is 13.8 Å². The second-order valence-electron chi connectivity index (χ2n) is 7.00. The lowest BCUT2D eigenvalue weighted by molar-refractivity contribution is -0.138. The Morgan fingerprint density at radius 3 is 2.62 bits per heavy atom. The zero-order valence-corrected chi connectivity index (χ0v) is 17.6. The van der Waals surface area contributed by atoms with Crippen molar-refractivity contribution >= 4 is 29.6 Å². The molecule has 0 aromatic heterocycles. The van der Waals surface area contributed by atoms with Gasteiger partial charge in [0, 0.05) is 4.90 Å². The fourth-order valence-electron chi connectivity index (χ4n) is 2.98. The first-order valence-corrected chi connectivity index (χ1v) is 10.0. The normalized spacial score (nSPS) is 18.6. The Kier molecular flexibility index (Phi) is 5.83. The van der Waals surface area contributed by atoms with E-state index in [1.54, 1.807) is 31.2 Å². The lowest BCUT2D eigenvalue weighted by Gasteiger charge is -2.22. The number of hydrogen-bond donors (Lipinski definition) is 2. The van der Waals surface area contributed by atoms with E-state index in [4.69, 9.17) is 4.74 Å². The summed E-state index contributed by atoms with van der Waals surface area (Å²) in [6.45, 7) is 5.62. The van der Waals surface area contributed by atoms with Gasteiger partial charge in [-0.05, 0) is 61.7 Å². The van der Waals surface area contributed by atoms with E-state index in [1.165, 1.54) is 24.4 Å². The van der Waals surface area contributed by atoms with Gasteiger partial charge in [0.25, 0.3) is 5.91 Å². The maximum absolute atomic E-state index is 12.9. The zero-order valence-electron chi connectivity index (χ0n) is 16.7. The van der Waals surface area contributed by atoms with Crippen LogP contribution in [0.2, 0.25) is 0 Å². The molecular weight excluding hydrogens is 390 g/mol. The van der Waals surface area contributed by atoms with Gasteiger partial charge in [0.2, 0.25) is 5.91 Å². The van der Waals surface area contributed by atoms with Crippen LogP contribution in [-0.4, -0.2) is 35.7 Å². The molecule has 2 aromatic carbocycles. The average molecular weight is 413 g/mol. The molecule has 0 spiro atoms. The number of nitrogens with zero attached hydrogens (tertiary/aromatic N) is 1. The van der Waals surface area contributed by atoms with Gasteiger partial charge in [0.15, 0.2) is 0 Å². The quantitative estimate of drug-likeness (QED) is 0.562. The van der Waals surface area contributed by atoms with Gasteiger partial charge < -0.3 is 10.1 Å². The molecule has 152 valence electrons. The molecule has 2 aromatic rings. The zero-order chi connectivity index (χ0) is 21.2. The number of hydrogen-bond acceptors (Lipinski definition) is 5. The molecule has 8 heteroatoms. The second-order valence-corrected chi connectivity index (χ2v) is 8.05. The molecule has 2 N–H and O–H groups in total. The number of rotatable bonds is 6. The molecule has 3 rings (SSSR count). The van der Waals surface area contributed by atoms with Crippen molar-refractivity contribution in [2.45, 2.75) is 31.2 Å². The number of aryl methyl sites for hydroxylation is 2. The average Bonchev–Trinajstić information content (AvgIpc) is 2.93. The van der Waals surface area contributed by atoms with Crippen LogP contribution in [0.1, 0.15) is 23.6 Å². The van der Waals surface area contributed by atoms with Gasteiger partial charge in [-0.15, -0.1) is 11.8 Å². The summed E-state index contributed by atoms with van der Waals surface area (Å²) in [6.07, 6.45) is 0. The summed E-state index contributed by atoms with van der Waals surface area (Å²) < 4.78 is 5.19. The number of benzene rings is 2. The topological polar surface area (TPSA) is 87.7 Å². The van der Waals surface area contributed by atoms with E-state index >= 15 is 0 Å². The third-order valence-corrected chi connectivity index (χ3v) is 5.92. The number of urea groups is 1. The molecule has 0 bridgehead atoms. The monoisotopic (exact) mass is 413 g/mol. The first-order chi connectivity index (χ1) is 13.7. The van der Waals surface area contributed by atoms with Gasteiger partial charge in [0.05, 0.1) is 12.9 Å². The smallest absolute Gasteiger partial charge is 0.344 e. The molecule has 1 atom stereocenters. The minimum Gasteiger partial charge on any atom is -0.497 e. The number of imide groups is 1. The van der Waals surface area contributed by atoms with E-state index in [9.17, 15) is 14.4 Å². The summed E-state index contributed by atoms with van der Waals surface area (Å²) >= 11 is 1.34. The highest BCUT2D eigenvalue weighted by molar-refractivity contribution is 8.00. The molecule has 7 nitrogen and oxygen atoms in total. The fourth-order valence-corrected chi connectivity index (χ4v) is 3.77. The molecular formula is C21H23N3O4S. The fraction of sp³-hybridized carbons (Fsp3) is 0.286. The number of thioether (sulfide) groups is 1. The van der Waals surface area contributed by atoms with Crippen LogP contribution in [-0.2, 0) is 15.1 Å². The van der Waals surface area contributed by atoms with E-state index in [0.717, 1.165) is 15.5 Å². The summed E-state index contributed by atoms with van der Waals surface area (Å²) in [6, 6.07) is 12.1. The number of nitrogens with one attached hydrogen (secondary N) is 2. The largest absolute Gasteiger partial charge is 0.497 e. The SMILES string of the molecule is COc1cccc([C@@]2(C)NC(=O)N(NC(=O)CSc3ccc(C)c(C)c3)C2=O)c1. The van der Waals surface area contributed by atoms with Crippen LogP contribution in [0.25, 0.3) is 0 Å². The number of methoxy groups -OCH3 is 1. The summed E-state index contributed by atoms with van der Waals surface area (Å²) in [5, 5.41) is 3.39. The van der Waals surface area contributed by atoms with E-state index in [0.29, 0.717) is 11.3 Å². The van der Waals surface area contributed by atoms with Crippen LogP contribution in [0.4, 0.5) is 4.79 Å². The van der Waals surface area contributed by atoms with Gasteiger partial charge in [-0.25, -0.2) is 4.79 Å². The predicted molar refractivity (Wildman–Crippen MR) is 111 cm³/mol. The first-order valence-electron chi connectivity index (χ1n) is 9.05. The molecule has 1 aliphatic rings. The van der Waals surface area contributed by atoms with Crippen molar-refractivity contribution in [3.8, 4) is 5.75 Å². The minimum absolute atomic E-state index is 0.0788. The Labute approximate surface area is 173 Å². The van der Waals surface area contributed by atoms with E-state index in [1.807, 2.05) is 32.0 Å². The van der Waals surface area contributed by atoms with E-state index < -0.39 is 23.4 Å². The highest BCUT2D eigenvalue weighted by Gasteiger charge is 2.50. The van der Waals surface area contributed by atoms with Gasteiger partial charge >= 0.3 is 6.03 Å². The Bertz CT molecular complexity index is 978. The lowest BCUT2D eigenvalue weighted by Crippen LogP contribution is -2.48. The minimum atomic E-state index is -1.29. The number of ether oxygens (including phenoxy) is 1. The third-order valence-electron chi connectivity index (χ3n) is 4.92. The standard InChI is InChI=1S/C21H23N3O4S/c1-13-8-9-17(10-14(13)2)29-12-18(25)23-24-19(26)21(3,22-20(24)27)15-6-5-7-16(11-15)28-4/h5-11H,12H2,1-4H3,(H,22,27)(H,23,25)/t21-/m1/s1. The summed E-state index contributed by atoms with van der Waals surface area (Å²) in [5.74, 6) is -0.347. The van der Waals surface area contributed by atoms with Crippen LogP contribution >= 0.6 is 11.8 Å². The first kappa shape index (κ1) is 20.7. The van der Waals surface area contributed by atoms with E-state index in [2.05, 4.69) is 10.7 Å². The number of hydrazine groups is 1. The molecule has 0 radical (unpaired) electrons. The second kappa shape index (κ2) is 8.16. The predicted octanol–water partition coefficient (Wildman–Crippen LogP) is 2.90. The van der Waals surface area contributed by atoms with Crippen molar-refractivity contribution in [3.05, 3.63) is 59.2 Å². The Morgan fingerprint density at radius 2 is 1.93 bits per heavy atom. The lowest BCUT2D eigenvalue weighted by atomic mass is 9.92. The van der Waals surface area contributed by atoms with Crippen molar-refractivity contribution in [3.63, 3.8) is 0 Å². The molecule has 0 unspecified atom stereocenters. The highest BCUT2D eigenvalue weighted by Crippen LogP contribution is 2.30. The van der Waals surface area contributed by atoms with Crippen LogP contribution in [0.5, 0.6) is 5.75 Å². The van der Waals surface area contributed by atoms with Crippen LogP contribution in [0.3, 0.4) is 0 Å². The van der Waals surface area contributed by atoms with Crippen molar-refractivity contribution in [2.75, 3.05) is 12.9 Å². The molecule has 1 aliphatic heterocycles.